The highest BCUT2D eigenvalue weighted by Crippen LogP contribution is 2.33. The Labute approximate surface area is 194 Å². The van der Waals surface area contributed by atoms with Gasteiger partial charge in [-0.2, -0.15) is 0 Å². The van der Waals surface area contributed by atoms with Gasteiger partial charge in [0.2, 0.25) is 0 Å². The van der Waals surface area contributed by atoms with Gasteiger partial charge in [-0.25, -0.2) is 8.42 Å². The van der Waals surface area contributed by atoms with Crippen LogP contribution in [0.25, 0.3) is 0 Å². The topological polar surface area (TPSA) is 63.7 Å². The van der Waals surface area contributed by atoms with Gasteiger partial charge in [0.05, 0.1) is 23.2 Å². The van der Waals surface area contributed by atoms with E-state index >= 15 is 0 Å². The Morgan fingerprint density at radius 3 is 2.28 bits per heavy atom. The molecule has 1 aromatic rings. The van der Waals surface area contributed by atoms with Crippen molar-refractivity contribution in [2.24, 2.45) is 17.8 Å². The van der Waals surface area contributed by atoms with E-state index in [1.54, 1.807) is 20.8 Å². The molecule has 0 N–H and O–H groups in total. The van der Waals surface area contributed by atoms with Crippen molar-refractivity contribution in [2.75, 3.05) is 30.3 Å². The largest absolute Gasteiger partial charge is 0.374 e. The Bertz CT molecular complexity index is 862. The normalized spacial score (nSPS) is 25.2. The molecule has 0 amide bonds. The van der Waals surface area contributed by atoms with Crippen LogP contribution >= 0.6 is 0 Å². The number of anilines is 1. The molecule has 0 spiro atoms. The minimum Gasteiger partial charge on any atom is -0.374 e. The molecule has 1 atom stereocenters. The van der Waals surface area contributed by atoms with E-state index in [0.29, 0.717) is 18.1 Å². The van der Waals surface area contributed by atoms with Crippen molar-refractivity contribution in [3.63, 3.8) is 0 Å². The monoisotopic (exact) mass is 463 g/mol. The number of sulfone groups is 1. The quantitative estimate of drug-likeness (QED) is 0.587. The van der Waals surface area contributed by atoms with Gasteiger partial charge in [-0.05, 0) is 76.0 Å². The lowest BCUT2D eigenvalue weighted by atomic mass is 9.79. The van der Waals surface area contributed by atoms with E-state index in [0.717, 1.165) is 50.9 Å². The van der Waals surface area contributed by atoms with Gasteiger partial charge in [0.15, 0.2) is 9.84 Å². The molecule has 2 aliphatic rings. The van der Waals surface area contributed by atoms with Crippen molar-refractivity contribution in [1.82, 2.24) is 0 Å². The predicted octanol–water partition coefficient (Wildman–Crippen LogP) is 4.68. The van der Waals surface area contributed by atoms with Crippen molar-refractivity contribution in [3.05, 3.63) is 29.8 Å². The van der Waals surface area contributed by atoms with Gasteiger partial charge in [-0.1, -0.05) is 26.0 Å². The average Bonchev–Trinajstić information content (AvgIpc) is 2.74. The fourth-order valence-electron chi connectivity index (χ4n) is 4.69. The Morgan fingerprint density at radius 1 is 1.09 bits per heavy atom. The summed E-state index contributed by atoms with van der Waals surface area (Å²) in [6, 6.07) is 8.41. The summed E-state index contributed by atoms with van der Waals surface area (Å²) in [5, 5.41) is 0. The number of ether oxygens (including phenoxy) is 1. The number of nitrogens with zero attached hydrogens (tertiary/aromatic N) is 1. The highest BCUT2D eigenvalue weighted by atomic mass is 32.2. The van der Waals surface area contributed by atoms with E-state index in [-0.39, 0.29) is 23.7 Å². The fourth-order valence-corrected chi connectivity index (χ4v) is 6.15. The SMILES string of the molecule is CC(C)[C@@H]1CN(c2ccc(CC(=O)C3CCC(CS(=O)(=O)C(C)(C)C)CC3)cc2)CCO1. The van der Waals surface area contributed by atoms with E-state index in [4.69, 9.17) is 4.74 Å². The zero-order valence-corrected chi connectivity index (χ0v) is 21.3. The summed E-state index contributed by atoms with van der Waals surface area (Å²) >= 11 is 0. The first kappa shape index (κ1) is 25.2. The second-order valence-corrected chi connectivity index (χ2v) is 13.8. The van der Waals surface area contributed by atoms with E-state index in [1.165, 1.54) is 5.69 Å². The van der Waals surface area contributed by atoms with Crippen LogP contribution in [0.1, 0.15) is 65.9 Å². The molecule has 1 saturated heterocycles. The van der Waals surface area contributed by atoms with Gasteiger partial charge >= 0.3 is 0 Å². The smallest absolute Gasteiger partial charge is 0.155 e. The third-order valence-electron chi connectivity index (χ3n) is 7.21. The standard InChI is InChI=1S/C26H41NO4S/c1-19(2)25-17-27(14-15-31-25)23-12-8-20(9-13-23)16-24(28)22-10-6-21(7-11-22)18-32(29,30)26(3,4)5/h8-9,12-13,19,21-22,25H,6-7,10-11,14-18H2,1-5H3/t21?,22?,25-/m0/s1. The number of morpholine rings is 1. The van der Waals surface area contributed by atoms with Crippen LogP contribution in [0.2, 0.25) is 0 Å². The first-order valence-corrected chi connectivity index (χ1v) is 13.8. The van der Waals surface area contributed by atoms with Crippen LogP contribution < -0.4 is 4.90 Å². The number of carbonyl (C=O) groups excluding carboxylic acids is 1. The molecule has 1 aromatic carbocycles. The molecule has 0 radical (unpaired) electrons. The number of Topliss-reactive ketones (excluding diaryl/α,β-unsaturated/α-hetero) is 1. The molecule has 3 rings (SSSR count). The van der Waals surface area contributed by atoms with Crippen LogP contribution in [0, 0.1) is 17.8 Å². The third-order valence-corrected chi connectivity index (χ3v) is 9.98. The molecule has 1 saturated carbocycles. The second kappa shape index (κ2) is 10.3. The summed E-state index contributed by atoms with van der Waals surface area (Å²) in [6.07, 6.45) is 4.01. The molecule has 0 bridgehead atoms. The van der Waals surface area contributed by atoms with E-state index in [1.807, 2.05) is 0 Å². The van der Waals surface area contributed by atoms with Crippen molar-refractivity contribution in [3.8, 4) is 0 Å². The summed E-state index contributed by atoms with van der Waals surface area (Å²) in [5.74, 6) is 1.29. The number of ketones is 1. The summed E-state index contributed by atoms with van der Waals surface area (Å²) in [5.41, 5.74) is 2.25. The third kappa shape index (κ3) is 6.34. The van der Waals surface area contributed by atoms with Gasteiger partial charge < -0.3 is 9.64 Å². The second-order valence-electron chi connectivity index (χ2n) is 11.0. The molecular formula is C26H41NO4S. The Morgan fingerprint density at radius 2 is 1.72 bits per heavy atom. The van der Waals surface area contributed by atoms with Gasteiger partial charge in [-0.15, -0.1) is 0 Å². The van der Waals surface area contributed by atoms with Crippen molar-refractivity contribution >= 4 is 21.3 Å². The van der Waals surface area contributed by atoms with Gasteiger partial charge in [0.1, 0.15) is 5.78 Å². The zero-order chi connectivity index (χ0) is 23.5. The highest BCUT2D eigenvalue weighted by molar-refractivity contribution is 7.92. The Kier molecular flexibility index (Phi) is 8.08. The van der Waals surface area contributed by atoms with Crippen molar-refractivity contribution < 1.29 is 17.9 Å². The molecule has 0 aromatic heterocycles. The summed E-state index contributed by atoms with van der Waals surface area (Å²) in [6.45, 7) is 12.3. The summed E-state index contributed by atoms with van der Waals surface area (Å²) in [4.78, 5) is 15.2. The number of hydrogen-bond donors (Lipinski definition) is 0. The van der Waals surface area contributed by atoms with Crippen LogP contribution in [0.15, 0.2) is 24.3 Å². The molecule has 1 aliphatic heterocycles. The zero-order valence-electron chi connectivity index (χ0n) is 20.5. The molecule has 5 nitrogen and oxygen atoms in total. The molecule has 1 heterocycles. The van der Waals surface area contributed by atoms with Gasteiger partial charge in [0, 0.05) is 31.1 Å². The lowest BCUT2D eigenvalue weighted by Gasteiger charge is -2.36. The number of hydrogen-bond acceptors (Lipinski definition) is 5. The number of carbonyl (C=O) groups is 1. The van der Waals surface area contributed by atoms with Crippen LogP contribution in [0.4, 0.5) is 5.69 Å². The molecule has 1 aliphatic carbocycles. The first-order chi connectivity index (χ1) is 15.0. The van der Waals surface area contributed by atoms with E-state index in [2.05, 4.69) is 43.0 Å². The fraction of sp³-hybridized carbons (Fsp3) is 0.731. The molecule has 6 heteroatoms. The lowest BCUT2D eigenvalue weighted by molar-refractivity contribution is -0.123. The highest BCUT2D eigenvalue weighted by Gasteiger charge is 2.34. The maximum atomic E-state index is 12.9. The predicted molar refractivity (Wildman–Crippen MR) is 131 cm³/mol. The van der Waals surface area contributed by atoms with Gasteiger partial charge in [0.25, 0.3) is 0 Å². The van der Waals surface area contributed by atoms with Crippen LogP contribution in [0.5, 0.6) is 0 Å². The van der Waals surface area contributed by atoms with Crippen molar-refractivity contribution in [1.29, 1.82) is 0 Å². The molecule has 0 unspecified atom stereocenters. The van der Waals surface area contributed by atoms with Crippen molar-refractivity contribution in [2.45, 2.75) is 77.6 Å². The summed E-state index contributed by atoms with van der Waals surface area (Å²) < 4.78 is 30.1. The van der Waals surface area contributed by atoms with Crippen LogP contribution in [0.3, 0.4) is 0 Å². The molecule has 2 fully saturated rings. The van der Waals surface area contributed by atoms with Crippen LogP contribution in [-0.4, -0.2) is 50.5 Å². The molecular weight excluding hydrogens is 422 g/mol. The Hall–Kier alpha value is -1.40. The minimum absolute atomic E-state index is 0.0642. The van der Waals surface area contributed by atoms with E-state index in [9.17, 15) is 13.2 Å². The van der Waals surface area contributed by atoms with E-state index < -0.39 is 14.6 Å². The average molecular weight is 464 g/mol. The molecule has 32 heavy (non-hydrogen) atoms. The summed E-state index contributed by atoms with van der Waals surface area (Å²) in [7, 11) is -3.10. The lowest BCUT2D eigenvalue weighted by Crippen LogP contribution is -2.44. The molecule has 180 valence electrons. The van der Waals surface area contributed by atoms with Crippen LogP contribution in [-0.2, 0) is 25.8 Å². The first-order valence-electron chi connectivity index (χ1n) is 12.2. The number of benzene rings is 1. The number of rotatable bonds is 7. The maximum Gasteiger partial charge on any atom is 0.155 e. The Balaban J connectivity index is 1.49. The maximum absolute atomic E-state index is 12.9. The minimum atomic E-state index is -3.10. The van der Waals surface area contributed by atoms with Gasteiger partial charge in [-0.3, -0.25) is 4.79 Å².